The van der Waals surface area contributed by atoms with Crippen molar-refractivity contribution >= 4 is 11.4 Å². The Morgan fingerprint density at radius 3 is 3.00 bits per heavy atom. The van der Waals surface area contributed by atoms with Crippen LogP contribution in [0.15, 0.2) is 18.2 Å². The molecule has 18 heavy (non-hydrogen) atoms. The van der Waals surface area contributed by atoms with Crippen LogP contribution in [0.1, 0.15) is 12.8 Å². The van der Waals surface area contributed by atoms with Gasteiger partial charge in [-0.15, -0.1) is 0 Å². The molecule has 1 heterocycles. The minimum absolute atomic E-state index is 0.0944. The lowest BCUT2D eigenvalue weighted by molar-refractivity contribution is -0.384. The summed E-state index contributed by atoms with van der Waals surface area (Å²) in [6.07, 6.45) is 2.00. The van der Waals surface area contributed by atoms with E-state index in [1.165, 1.54) is 12.1 Å². The van der Waals surface area contributed by atoms with Gasteiger partial charge in [0.1, 0.15) is 5.82 Å². The van der Waals surface area contributed by atoms with Gasteiger partial charge in [-0.25, -0.2) is 4.39 Å². The molecule has 1 fully saturated rings. The zero-order valence-electron chi connectivity index (χ0n) is 10.2. The monoisotopic (exact) mass is 253 g/mol. The van der Waals surface area contributed by atoms with Gasteiger partial charge in [0, 0.05) is 24.7 Å². The lowest BCUT2D eigenvalue weighted by Gasteiger charge is -2.30. The van der Waals surface area contributed by atoms with Gasteiger partial charge in [-0.1, -0.05) is 0 Å². The van der Waals surface area contributed by atoms with Gasteiger partial charge in [-0.2, -0.15) is 0 Å². The first-order valence-corrected chi connectivity index (χ1v) is 5.95. The first-order valence-electron chi connectivity index (χ1n) is 5.95. The van der Waals surface area contributed by atoms with Crippen LogP contribution in [-0.4, -0.2) is 36.0 Å². The summed E-state index contributed by atoms with van der Waals surface area (Å²) in [5.41, 5.74) is 0.118. The highest BCUT2D eigenvalue weighted by Gasteiger charge is 2.19. The molecule has 98 valence electrons. The predicted octanol–water partition coefficient (Wildman–Crippen LogP) is 2.24. The Kier molecular flexibility index (Phi) is 3.76. The Bertz CT molecular complexity index is 453. The molecular weight excluding hydrogens is 237 g/mol. The van der Waals surface area contributed by atoms with Gasteiger partial charge in [0.25, 0.3) is 5.69 Å². The number of benzene rings is 1. The van der Waals surface area contributed by atoms with Crippen LogP contribution in [0, 0.1) is 15.9 Å². The fourth-order valence-electron chi connectivity index (χ4n) is 2.24. The lowest BCUT2D eigenvalue weighted by atomic mass is 10.1. The average molecular weight is 253 g/mol. The normalized spacial score (nSPS) is 20.7. The molecule has 0 saturated carbocycles. The Morgan fingerprint density at radius 2 is 2.33 bits per heavy atom. The van der Waals surface area contributed by atoms with Gasteiger partial charge in [0.2, 0.25) is 0 Å². The minimum atomic E-state index is -0.516. The van der Waals surface area contributed by atoms with Crippen molar-refractivity contribution in [1.82, 2.24) is 4.90 Å². The number of nitro groups is 1. The van der Waals surface area contributed by atoms with Crippen molar-refractivity contribution in [3.8, 4) is 0 Å². The molecule has 5 nitrogen and oxygen atoms in total. The number of nitro benzene ring substituents is 1. The number of hydrogen-bond acceptors (Lipinski definition) is 4. The standard InChI is InChI=1S/C12H16FN3O2/c1-15-6-2-3-9(8-15)14-12-7-10(16(17)18)4-5-11(12)13/h4-5,7,9,14H,2-3,6,8H2,1H3. The summed E-state index contributed by atoms with van der Waals surface area (Å²) in [6, 6.07) is 3.70. The quantitative estimate of drug-likeness (QED) is 0.663. The average Bonchev–Trinajstić information content (AvgIpc) is 2.31. The van der Waals surface area contributed by atoms with E-state index in [9.17, 15) is 14.5 Å². The van der Waals surface area contributed by atoms with Crippen molar-refractivity contribution < 1.29 is 9.31 Å². The number of halogens is 1. The highest BCUT2D eigenvalue weighted by atomic mass is 19.1. The van der Waals surface area contributed by atoms with E-state index in [0.717, 1.165) is 32.0 Å². The maximum atomic E-state index is 13.6. The molecule has 0 bridgehead atoms. The molecule has 1 aliphatic rings. The number of anilines is 1. The largest absolute Gasteiger partial charge is 0.378 e. The zero-order chi connectivity index (χ0) is 13.1. The smallest absolute Gasteiger partial charge is 0.271 e. The van der Waals surface area contributed by atoms with Crippen LogP contribution in [0.4, 0.5) is 15.8 Å². The molecule has 6 heteroatoms. The van der Waals surface area contributed by atoms with Gasteiger partial charge in [-0.3, -0.25) is 10.1 Å². The number of likely N-dealkylation sites (N-methyl/N-ethyl adjacent to an activating group) is 1. The van der Waals surface area contributed by atoms with E-state index in [4.69, 9.17) is 0 Å². The molecule has 1 atom stereocenters. The van der Waals surface area contributed by atoms with E-state index in [-0.39, 0.29) is 17.4 Å². The number of piperidine rings is 1. The van der Waals surface area contributed by atoms with Crippen molar-refractivity contribution in [2.45, 2.75) is 18.9 Å². The van der Waals surface area contributed by atoms with E-state index in [1.807, 2.05) is 7.05 Å². The maximum Gasteiger partial charge on any atom is 0.271 e. The Morgan fingerprint density at radius 1 is 1.56 bits per heavy atom. The van der Waals surface area contributed by atoms with Gasteiger partial charge in [0.15, 0.2) is 0 Å². The number of nitrogens with one attached hydrogen (secondary N) is 1. The molecule has 0 aliphatic carbocycles. The molecular formula is C12H16FN3O2. The highest BCUT2D eigenvalue weighted by Crippen LogP contribution is 2.23. The van der Waals surface area contributed by atoms with Crippen molar-refractivity contribution in [1.29, 1.82) is 0 Å². The number of likely N-dealkylation sites (tertiary alicyclic amines) is 1. The highest BCUT2D eigenvalue weighted by molar-refractivity contribution is 5.52. The second-order valence-corrected chi connectivity index (χ2v) is 4.67. The van der Waals surface area contributed by atoms with Crippen LogP contribution >= 0.6 is 0 Å². The summed E-state index contributed by atoms with van der Waals surface area (Å²) in [4.78, 5) is 12.3. The predicted molar refractivity (Wildman–Crippen MR) is 67.2 cm³/mol. The van der Waals surface area contributed by atoms with Crippen LogP contribution < -0.4 is 5.32 Å². The summed E-state index contributed by atoms with van der Waals surface area (Å²) in [5.74, 6) is -0.450. The van der Waals surface area contributed by atoms with Crippen molar-refractivity contribution in [3.63, 3.8) is 0 Å². The molecule has 0 amide bonds. The molecule has 1 aliphatic heterocycles. The first-order chi connectivity index (χ1) is 8.56. The van der Waals surface area contributed by atoms with E-state index >= 15 is 0 Å². The number of hydrogen-bond donors (Lipinski definition) is 1. The van der Waals surface area contributed by atoms with Crippen LogP contribution in [0.5, 0.6) is 0 Å². The second kappa shape index (κ2) is 5.30. The van der Waals surface area contributed by atoms with E-state index in [2.05, 4.69) is 10.2 Å². The van der Waals surface area contributed by atoms with Crippen molar-refractivity contribution in [2.24, 2.45) is 0 Å². The summed E-state index contributed by atoms with van der Waals surface area (Å²) < 4.78 is 13.6. The molecule has 2 rings (SSSR count). The molecule has 1 unspecified atom stereocenters. The van der Waals surface area contributed by atoms with Crippen LogP contribution in [-0.2, 0) is 0 Å². The Labute approximate surface area is 105 Å². The molecule has 1 aromatic carbocycles. The van der Waals surface area contributed by atoms with Crippen molar-refractivity contribution in [3.05, 3.63) is 34.1 Å². The number of nitrogens with zero attached hydrogens (tertiary/aromatic N) is 2. The molecule has 1 N–H and O–H groups in total. The maximum absolute atomic E-state index is 13.6. The molecule has 1 saturated heterocycles. The lowest BCUT2D eigenvalue weighted by Crippen LogP contribution is -2.39. The van der Waals surface area contributed by atoms with Gasteiger partial charge in [0.05, 0.1) is 10.6 Å². The number of rotatable bonds is 3. The topological polar surface area (TPSA) is 58.4 Å². The summed E-state index contributed by atoms with van der Waals surface area (Å²) >= 11 is 0. The summed E-state index contributed by atoms with van der Waals surface area (Å²) in [7, 11) is 2.01. The molecule has 0 aromatic heterocycles. The molecule has 1 aromatic rings. The minimum Gasteiger partial charge on any atom is -0.378 e. The Balaban J connectivity index is 2.12. The van der Waals surface area contributed by atoms with Gasteiger partial charge in [-0.05, 0) is 32.5 Å². The van der Waals surface area contributed by atoms with E-state index < -0.39 is 10.7 Å². The van der Waals surface area contributed by atoms with Crippen LogP contribution in [0.25, 0.3) is 0 Å². The van der Waals surface area contributed by atoms with Gasteiger partial charge >= 0.3 is 0 Å². The third kappa shape index (κ3) is 2.95. The SMILES string of the molecule is CN1CCCC(Nc2cc([N+](=O)[O-])ccc2F)C1. The van der Waals surface area contributed by atoms with Crippen LogP contribution in [0.3, 0.4) is 0 Å². The third-order valence-electron chi connectivity index (χ3n) is 3.14. The van der Waals surface area contributed by atoms with E-state index in [0.29, 0.717) is 0 Å². The Hall–Kier alpha value is -1.69. The van der Waals surface area contributed by atoms with Crippen molar-refractivity contribution in [2.75, 3.05) is 25.5 Å². The molecule has 0 spiro atoms. The second-order valence-electron chi connectivity index (χ2n) is 4.67. The summed E-state index contributed by atoms with van der Waals surface area (Å²) in [6.45, 7) is 1.86. The fourth-order valence-corrected chi connectivity index (χ4v) is 2.24. The fraction of sp³-hybridized carbons (Fsp3) is 0.500. The molecule has 0 radical (unpaired) electrons. The number of non-ortho nitro benzene ring substituents is 1. The van der Waals surface area contributed by atoms with Crippen LogP contribution in [0.2, 0.25) is 0 Å². The van der Waals surface area contributed by atoms with E-state index in [1.54, 1.807) is 0 Å². The zero-order valence-corrected chi connectivity index (χ0v) is 10.2. The van der Waals surface area contributed by atoms with Gasteiger partial charge < -0.3 is 10.2 Å². The summed E-state index contributed by atoms with van der Waals surface area (Å²) in [5, 5.41) is 13.7. The third-order valence-corrected chi connectivity index (χ3v) is 3.14. The first kappa shape index (κ1) is 12.8.